The fourth-order valence-corrected chi connectivity index (χ4v) is 1.75. The standard InChI is InChI=1S/C11H18N2O3/c1-2-3-9(11(15)16)13-10(14)7-4-5-8(12)6-7/h4-5,7-9H,2-3,6,12H2,1H3,(H,13,14)(H,15,16)/t7?,8?,9-/m0/s1. The van der Waals surface area contributed by atoms with Gasteiger partial charge in [-0.3, -0.25) is 4.79 Å². The van der Waals surface area contributed by atoms with Gasteiger partial charge in [0, 0.05) is 6.04 Å². The predicted molar refractivity (Wildman–Crippen MR) is 59.7 cm³/mol. The number of aliphatic carboxylic acids is 1. The Balaban J connectivity index is 2.49. The van der Waals surface area contributed by atoms with E-state index < -0.39 is 12.0 Å². The summed E-state index contributed by atoms with van der Waals surface area (Å²) in [6.07, 6.45) is 5.25. The van der Waals surface area contributed by atoms with Crippen LogP contribution >= 0.6 is 0 Å². The minimum absolute atomic E-state index is 0.0924. The lowest BCUT2D eigenvalue weighted by Gasteiger charge is -2.16. The molecule has 0 spiro atoms. The van der Waals surface area contributed by atoms with E-state index in [4.69, 9.17) is 10.8 Å². The highest BCUT2D eigenvalue weighted by atomic mass is 16.4. The van der Waals surface area contributed by atoms with E-state index in [0.717, 1.165) is 6.42 Å². The third-order valence-corrected chi connectivity index (χ3v) is 2.65. The van der Waals surface area contributed by atoms with Gasteiger partial charge < -0.3 is 16.2 Å². The molecule has 0 bridgehead atoms. The number of hydrogen-bond acceptors (Lipinski definition) is 3. The molecule has 1 amide bonds. The van der Waals surface area contributed by atoms with Crippen LogP contribution in [0, 0.1) is 5.92 Å². The van der Waals surface area contributed by atoms with Crippen LogP contribution in [0.4, 0.5) is 0 Å². The number of amides is 1. The quantitative estimate of drug-likeness (QED) is 0.586. The van der Waals surface area contributed by atoms with E-state index in [0.29, 0.717) is 12.8 Å². The summed E-state index contributed by atoms with van der Waals surface area (Å²) in [5, 5.41) is 11.4. The Hall–Kier alpha value is -1.36. The Labute approximate surface area is 94.7 Å². The van der Waals surface area contributed by atoms with Crippen molar-refractivity contribution in [2.24, 2.45) is 11.7 Å². The molecule has 5 heteroatoms. The first-order chi connectivity index (χ1) is 7.54. The minimum Gasteiger partial charge on any atom is -0.480 e. The number of carbonyl (C=O) groups is 2. The van der Waals surface area contributed by atoms with Crippen molar-refractivity contribution >= 4 is 11.9 Å². The molecule has 2 unspecified atom stereocenters. The second kappa shape index (κ2) is 5.65. The number of rotatable bonds is 5. The Bertz CT molecular complexity index is 302. The smallest absolute Gasteiger partial charge is 0.326 e. The highest BCUT2D eigenvalue weighted by Crippen LogP contribution is 2.16. The molecule has 0 saturated heterocycles. The molecule has 90 valence electrons. The van der Waals surface area contributed by atoms with Crippen LogP contribution in [0.3, 0.4) is 0 Å². The van der Waals surface area contributed by atoms with Crippen molar-refractivity contribution in [2.45, 2.75) is 38.3 Å². The van der Waals surface area contributed by atoms with Gasteiger partial charge in [0.2, 0.25) is 5.91 Å². The first kappa shape index (κ1) is 12.7. The average molecular weight is 226 g/mol. The van der Waals surface area contributed by atoms with E-state index >= 15 is 0 Å². The third kappa shape index (κ3) is 3.34. The molecule has 0 aromatic rings. The van der Waals surface area contributed by atoms with Gasteiger partial charge in [0.15, 0.2) is 0 Å². The molecular weight excluding hydrogens is 208 g/mol. The number of carboxylic acid groups (broad SMARTS) is 1. The maximum absolute atomic E-state index is 11.7. The van der Waals surface area contributed by atoms with Crippen LogP contribution in [0.1, 0.15) is 26.2 Å². The monoisotopic (exact) mass is 226 g/mol. The van der Waals surface area contributed by atoms with Gasteiger partial charge in [0.25, 0.3) is 0 Å². The molecule has 0 heterocycles. The summed E-state index contributed by atoms with van der Waals surface area (Å²) in [5.41, 5.74) is 5.63. The van der Waals surface area contributed by atoms with Gasteiger partial charge in [-0.05, 0) is 12.8 Å². The SMILES string of the molecule is CCC[C@H](NC(=O)C1C=CC(N)C1)C(=O)O. The molecule has 16 heavy (non-hydrogen) atoms. The lowest BCUT2D eigenvalue weighted by Crippen LogP contribution is -2.43. The van der Waals surface area contributed by atoms with E-state index in [1.807, 2.05) is 6.92 Å². The van der Waals surface area contributed by atoms with E-state index in [-0.39, 0.29) is 17.9 Å². The Kier molecular flexibility index (Phi) is 4.49. The zero-order valence-corrected chi connectivity index (χ0v) is 9.35. The van der Waals surface area contributed by atoms with Gasteiger partial charge >= 0.3 is 5.97 Å². The molecule has 0 aromatic carbocycles. The lowest BCUT2D eigenvalue weighted by molar-refractivity contribution is -0.142. The van der Waals surface area contributed by atoms with Crippen molar-refractivity contribution in [2.75, 3.05) is 0 Å². The van der Waals surface area contributed by atoms with Crippen molar-refractivity contribution in [1.29, 1.82) is 0 Å². The molecule has 5 nitrogen and oxygen atoms in total. The van der Waals surface area contributed by atoms with Gasteiger partial charge in [-0.15, -0.1) is 0 Å². The Morgan fingerprint density at radius 2 is 2.25 bits per heavy atom. The van der Waals surface area contributed by atoms with Crippen LogP contribution in [-0.2, 0) is 9.59 Å². The second-order valence-electron chi connectivity index (χ2n) is 4.08. The summed E-state index contributed by atoms with van der Waals surface area (Å²) in [6, 6.07) is -0.882. The summed E-state index contributed by atoms with van der Waals surface area (Å²) in [5.74, 6) is -1.51. The van der Waals surface area contributed by atoms with Crippen LogP contribution in [0.2, 0.25) is 0 Å². The molecule has 1 aliphatic carbocycles. The van der Waals surface area contributed by atoms with Crippen molar-refractivity contribution in [3.63, 3.8) is 0 Å². The van der Waals surface area contributed by atoms with E-state index in [1.165, 1.54) is 0 Å². The van der Waals surface area contributed by atoms with Gasteiger partial charge in [-0.1, -0.05) is 25.5 Å². The van der Waals surface area contributed by atoms with Crippen LogP contribution in [0.5, 0.6) is 0 Å². The van der Waals surface area contributed by atoms with Crippen LogP contribution in [0.25, 0.3) is 0 Å². The zero-order chi connectivity index (χ0) is 12.1. The van der Waals surface area contributed by atoms with E-state index in [1.54, 1.807) is 12.2 Å². The fourth-order valence-electron chi connectivity index (χ4n) is 1.75. The maximum Gasteiger partial charge on any atom is 0.326 e. The van der Waals surface area contributed by atoms with Crippen molar-refractivity contribution in [1.82, 2.24) is 5.32 Å². The number of carboxylic acids is 1. The molecule has 0 aliphatic heterocycles. The van der Waals surface area contributed by atoms with Crippen LogP contribution in [0.15, 0.2) is 12.2 Å². The minimum atomic E-state index is -0.985. The summed E-state index contributed by atoms with van der Waals surface area (Å²) < 4.78 is 0. The number of nitrogens with two attached hydrogens (primary N) is 1. The number of carbonyl (C=O) groups excluding carboxylic acids is 1. The summed E-state index contributed by atoms with van der Waals surface area (Å²) in [6.45, 7) is 1.88. The summed E-state index contributed by atoms with van der Waals surface area (Å²) in [4.78, 5) is 22.5. The Morgan fingerprint density at radius 3 is 2.69 bits per heavy atom. The van der Waals surface area contributed by atoms with Gasteiger partial charge in [0.1, 0.15) is 6.04 Å². The summed E-state index contributed by atoms with van der Waals surface area (Å²) >= 11 is 0. The van der Waals surface area contributed by atoms with Gasteiger partial charge in [-0.25, -0.2) is 4.79 Å². The molecule has 0 aromatic heterocycles. The highest BCUT2D eigenvalue weighted by Gasteiger charge is 2.26. The molecule has 3 atom stereocenters. The van der Waals surface area contributed by atoms with E-state index in [2.05, 4.69) is 5.32 Å². The molecule has 0 radical (unpaired) electrons. The Morgan fingerprint density at radius 1 is 1.56 bits per heavy atom. The normalized spacial score (nSPS) is 25.4. The predicted octanol–water partition coefficient (Wildman–Crippen LogP) is 0.259. The van der Waals surface area contributed by atoms with Gasteiger partial charge in [-0.2, -0.15) is 0 Å². The third-order valence-electron chi connectivity index (χ3n) is 2.65. The van der Waals surface area contributed by atoms with Crippen LogP contribution < -0.4 is 11.1 Å². The number of hydrogen-bond donors (Lipinski definition) is 3. The van der Waals surface area contributed by atoms with E-state index in [9.17, 15) is 9.59 Å². The van der Waals surface area contributed by atoms with Crippen LogP contribution in [-0.4, -0.2) is 29.1 Å². The molecule has 0 saturated carbocycles. The zero-order valence-electron chi connectivity index (χ0n) is 9.35. The second-order valence-corrected chi connectivity index (χ2v) is 4.08. The summed E-state index contributed by atoms with van der Waals surface area (Å²) in [7, 11) is 0. The average Bonchev–Trinajstić information content (AvgIpc) is 2.64. The molecule has 0 fully saturated rings. The highest BCUT2D eigenvalue weighted by molar-refractivity contribution is 5.86. The number of nitrogens with one attached hydrogen (secondary N) is 1. The molecular formula is C11H18N2O3. The van der Waals surface area contributed by atoms with Crippen molar-refractivity contribution in [3.05, 3.63) is 12.2 Å². The largest absolute Gasteiger partial charge is 0.480 e. The lowest BCUT2D eigenvalue weighted by atomic mass is 10.1. The first-order valence-corrected chi connectivity index (χ1v) is 5.51. The fraction of sp³-hybridized carbons (Fsp3) is 0.636. The van der Waals surface area contributed by atoms with Gasteiger partial charge in [0.05, 0.1) is 5.92 Å². The maximum atomic E-state index is 11.7. The first-order valence-electron chi connectivity index (χ1n) is 5.51. The topological polar surface area (TPSA) is 92.4 Å². The van der Waals surface area contributed by atoms with Crippen molar-refractivity contribution < 1.29 is 14.7 Å². The molecule has 1 aliphatic rings. The van der Waals surface area contributed by atoms with Crippen molar-refractivity contribution in [3.8, 4) is 0 Å². The molecule has 4 N–H and O–H groups in total. The molecule has 1 rings (SSSR count).